The number of benzene rings is 1. The van der Waals surface area contributed by atoms with E-state index in [1.165, 1.54) is 37.8 Å². The number of halogens is 1. The Kier molecular flexibility index (Phi) is 4.09. The Labute approximate surface area is 114 Å². The van der Waals surface area contributed by atoms with Crippen LogP contribution in [0.3, 0.4) is 0 Å². The Hall–Kier alpha value is -2.70. The molecule has 6 nitrogen and oxygen atoms in total. The second-order valence-electron chi connectivity index (χ2n) is 3.89. The summed E-state index contributed by atoms with van der Waals surface area (Å²) in [5.74, 6) is -1.19. The lowest BCUT2D eigenvalue weighted by atomic mass is 10.2. The van der Waals surface area contributed by atoms with Gasteiger partial charge in [0.2, 0.25) is 0 Å². The minimum Gasteiger partial charge on any atom is -0.494 e. The molecule has 1 aromatic heterocycles. The second-order valence-corrected chi connectivity index (χ2v) is 3.89. The molecule has 0 radical (unpaired) electrons. The predicted molar refractivity (Wildman–Crippen MR) is 69.3 cm³/mol. The number of hydrogen-bond acceptors (Lipinski definition) is 5. The van der Waals surface area contributed by atoms with Crippen LogP contribution in [0.15, 0.2) is 30.7 Å². The van der Waals surface area contributed by atoms with Gasteiger partial charge in [0, 0.05) is 12.3 Å². The third kappa shape index (κ3) is 3.00. The highest BCUT2D eigenvalue weighted by Gasteiger charge is 2.12. The van der Waals surface area contributed by atoms with E-state index in [-0.39, 0.29) is 12.1 Å². The van der Waals surface area contributed by atoms with Crippen LogP contribution in [0.2, 0.25) is 0 Å². The highest BCUT2D eigenvalue weighted by atomic mass is 19.1. The first-order valence-electron chi connectivity index (χ1n) is 5.71. The van der Waals surface area contributed by atoms with E-state index in [2.05, 4.69) is 15.3 Å². The lowest BCUT2D eigenvalue weighted by molar-refractivity contribution is 0.0694. The van der Waals surface area contributed by atoms with Gasteiger partial charge in [-0.3, -0.25) is 0 Å². The lowest BCUT2D eigenvalue weighted by Crippen LogP contribution is -2.10. The number of carboxylic acids is 1. The molecule has 0 amide bonds. The molecule has 0 aliphatic rings. The van der Waals surface area contributed by atoms with E-state index in [0.717, 1.165) is 0 Å². The summed E-state index contributed by atoms with van der Waals surface area (Å²) in [4.78, 5) is 18.6. The number of ether oxygens (including phenoxy) is 1. The summed E-state index contributed by atoms with van der Waals surface area (Å²) in [6.07, 6.45) is 2.50. The van der Waals surface area contributed by atoms with Crippen LogP contribution in [-0.2, 0) is 6.54 Å². The smallest absolute Gasteiger partial charge is 0.339 e. The molecule has 1 aromatic carbocycles. The normalized spacial score (nSPS) is 10.1. The molecule has 2 aromatic rings. The molecule has 0 aliphatic carbocycles. The summed E-state index contributed by atoms with van der Waals surface area (Å²) < 4.78 is 18.1. The molecule has 1 heterocycles. The zero-order valence-corrected chi connectivity index (χ0v) is 10.6. The lowest BCUT2D eigenvalue weighted by Gasteiger charge is -2.11. The van der Waals surface area contributed by atoms with Crippen LogP contribution in [0.4, 0.5) is 10.1 Å². The number of nitrogens with zero attached hydrogens (tertiary/aromatic N) is 2. The summed E-state index contributed by atoms with van der Waals surface area (Å²) >= 11 is 0. The van der Waals surface area contributed by atoms with Crippen molar-refractivity contribution >= 4 is 11.7 Å². The number of hydrogen-bond donors (Lipinski definition) is 2. The molecule has 0 aliphatic heterocycles. The molecule has 0 bridgehead atoms. The van der Waals surface area contributed by atoms with Crippen molar-refractivity contribution in [3.05, 3.63) is 47.8 Å². The van der Waals surface area contributed by atoms with Gasteiger partial charge in [0.05, 0.1) is 25.0 Å². The SMILES string of the molecule is COc1cc(F)ccc1NCc1ncncc1C(=O)O. The van der Waals surface area contributed by atoms with Crippen LogP contribution in [0.5, 0.6) is 5.75 Å². The first kappa shape index (κ1) is 13.7. The van der Waals surface area contributed by atoms with Crippen molar-refractivity contribution in [2.75, 3.05) is 12.4 Å². The molecule has 20 heavy (non-hydrogen) atoms. The first-order chi connectivity index (χ1) is 9.61. The molecular weight excluding hydrogens is 265 g/mol. The van der Waals surface area contributed by atoms with E-state index >= 15 is 0 Å². The summed E-state index contributed by atoms with van der Waals surface area (Å²) in [6.45, 7) is 0.159. The third-order valence-electron chi connectivity index (χ3n) is 2.64. The van der Waals surface area contributed by atoms with Crippen molar-refractivity contribution in [3.8, 4) is 5.75 Å². The van der Waals surface area contributed by atoms with Crippen molar-refractivity contribution in [2.45, 2.75) is 6.54 Å². The molecule has 7 heteroatoms. The Bertz CT molecular complexity index is 634. The monoisotopic (exact) mass is 277 g/mol. The van der Waals surface area contributed by atoms with Gasteiger partial charge in [-0.25, -0.2) is 19.2 Å². The van der Waals surface area contributed by atoms with E-state index in [0.29, 0.717) is 17.1 Å². The summed E-state index contributed by atoms with van der Waals surface area (Å²) in [6, 6.07) is 4.03. The Morgan fingerprint density at radius 3 is 3.00 bits per heavy atom. The molecule has 0 spiro atoms. The maximum absolute atomic E-state index is 13.1. The molecule has 2 N–H and O–H groups in total. The average molecular weight is 277 g/mol. The van der Waals surface area contributed by atoms with Crippen molar-refractivity contribution in [1.29, 1.82) is 0 Å². The van der Waals surface area contributed by atoms with E-state index in [9.17, 15) is 9.18 Å². The summed E-state index contributed by atoms with van der Waals surface area (Å²) in [5, 5.41) is 12.0. The fourth-order valence-corrected chi connectivity index (χ4v) is 1.66. The number of carbonyl (C=O) groups is 1. The Morgan fingerprint density at radius 2 is 2.30 bits per heavy atom. The predicted octanol–water partition coefficient (Wildman–Crippen LogP) is 1.93. The summed E-state index contributed by atoms with van der Waals surface area (Å²) in [5.41, 5.74) is 0.892. The van der Waals surface area contributed by atoms with Gasteiger partial charge in [0.1, 0.15) is 23.5 Å². The minimum absolute atomic E-state index is 0.0149. The van der Waals surface area contributed by atoms with Gasteiger partial charge >= 0.3 is 5.97 Å². The number of carboxylic acid groups (broad SMARTS) is 1. The van der Waals surface area contributed by atoms with Crippen LogP contribution < -0.4 is 10.1 Å². The van der Waals surface area contributed by atoms with Gasteiger partial charge in [-0.1, -0.05) is 0 Å². The zero-order chi connectivity index (χ0) is 14.5. The van der Waals surface area contributed by atoms with Gasteiger partial charge < -0.3 is 15.2 Å². The molecule has 104 valence electrons. The largest absolute Gasteiger partial charge is 0.494 e. The molecule has 0 unspecified atom stereocenters. The second kappa shape index (κ2) is 5.96. The van der Waals surface area contributed by atoms with Crippen LogP contribution in [0.1, 0.15) is 16.1 Å². The van der Waals surface area contributed by atoms with Crippen molar-refractivity contribution < 1.29 is 19.0 Å². The minimum atomic E-state index is -1.10. The maximum Gasteiger partial charge on any atom is 0.339 e. The van der Waals surface area contributed by atoms with Crippen molar-refractivity contribution in [2.24, 2.45) is 0 Å². The van der Waals surface area contributed by atoms with Crippen LogP contribution in [0.25, 0.3) is 0 Å². The molecule has 0 saturated carbocycles. The molecular formula is C13H12FN3O3. The van der Waals surface area contributed by atoms with E-state index in [1.54, 1.807) is 0 Å². The average Bonchev–Trinajstić information content (AvgIpc) is 2.46. The maximum atomic E-state index is 13.1. The molecule has 0 atom stereocenters. The zero-order valence-electron chi connectivity index (χ0n) is 10.6. The number of rotatable bonds is 5. The number of nitrogens with one attached hydrogen (secondary N) is 1. The van der Waals surface area contributed by atoms with Crippen LogP contribution >= 0.6 is 0 Å². The topological polar surface area (TPSA) is 84.3 Å². The quantitative estimate of drug-likeness (QED) is 0.868. The van der Waals surface area contributed by atoms with E-state index in [4.69, 9.17) is 9.84 Å². The Morgan fingerprint density at radius 1 is 1.50 bits per heavy atom. The fraction of sp³-hybridized carbons (Fsp3) is 0.154. The first-order valence-corrected chi connectivity index (χ1v) is 5.71. The molecule has 0 fully saturated rings. The van der Waals surface area contributed by atoms with Gasteiger partial charge in [-0.05, 0) is 12.1 Å². The molecule has 0 saturated heterocycles. The van der Waals surface area contributed by atoms with E-state index < -0.39 is 11.8 Å². The highest BCUT2D eigenvalue weighted by molar-refractivity contribution is 5.88. The van der Waals surface area contributed by atoms with Crippen molar-refractivity contribution in [3.63, 3.8) is 0 Å². The van der Waals surface area contributed by atoms with Gasteiger partial charge in [0.25, 0.3) is 0 Å². The van der Waals surface area contributed by atoms with Gasteiger partial charge in [-0.2, -0.15) is 0 Å². The van der Waals surface area contributed by atoms with Gasteiger partial charge in [0.15, 0.2) is 0 Å². The third-order valence-corrected chi connectivity index (χ3v) is 2.64. The number of methoxy groups -OCH3 is 1. The number of anilines is 1. The Balaban J connectivity index is 2.19. The van der Waals surface area contributed by atoms with Gasteiger partial charge in [-0.15, -0.1) is 0 Å². The molecule has 2 rings (SSSR count). The van der Waals surface area contributed by atoms with Crippen LogP contribution in [0, 0.1) is 5.82 Å². The number of aromatic carboxylic acids is 1. The fourth-order valence-electron chi connectivity index (χ4n) is 1.66. The standard InChI is InChI=1S/C13H12FN3O3/c1-20-12-4-8(14)2-3-10(12)16-6-11-9(13(18)19)5-15-7-17-11/h2-5,7,16H,6H2,1H3,(H,18,19). The number of aromatic nitrogens is 2. The van der Waals surface area contributed by atoms with E-state index in [1.807, 2.05) is 0 Å². The van der Waals surface area contributed by atoms with Crippen molar-refractivity contribution in [1.82, 2.24) is 9.97 Å². The summed E-state index contributed by atoms with van der Waals surface area (Å²) in [7, 11) is 1.42. The highest BCUT2D eigenvalue weighted by Crippen LogP contribution is 2.25. The van der Waals surface area contributed by atoms with Crippen LogP contribution in [-0.4, -0.2) is 28.2 Å².